The maximum Gasteiger partial charge on any atom is 0.321 e. The lowest BCUT2D eigenvalue weighted by Crippen LogP contribution is -2.51. The van der Waals surface area contributed by atoms with Gasteiger partial charge in [0.2, 0.25) is 10.0 Å². The normalized spacial score (nSPS) is 16.8. The van der Waals surface area contributed by atoms with Gasteiger partial charge in [0.15, 0.2) is 6.61 Å². The number of nitrogens with zero attached hydrogens (tertiary/aromatic N) is 2. The van der Waals surface area contributed by atoms with Crippen LogP contribution < -0.4 is 15.4 Å². The first-order chi connectivity index (χ1) is 14.9. The molecule has 2 aliphatic rings. The number of hydrogen-bond acceptors (Lipinski definition) is 5. The van der Waals surface area contributed by atoms with Crippen LogP contribution in [0.5, 0.6) is 5.75 Å². The van der Waals surface area contributed by atoms with Crippen molar-refractivity contribution >= 4 is 33.3 Å². The molecule has 2 aliphatic heterocycles. The predicted molar refractivity (Wildman–Crippen MR) is 116 cm³/mol. The Balaban J connectivity index is 1.39. The van der Waals surface area contributed by atoms with Gasteiger partial charge in [-0.25, -0.2) is 13.2 Å². The molecule has 0 bridgehead atoms. The number of piperazine rings is 1. The van der Waals surface area contributed by atoms with Gasteiger partial charge in [-0.2, -0.15) is 4.31 Å². The summed E-state index contributed by atoms with van der Waals surface area (Å²) >= 11 is 0. The molecule has 3 amide bonds. The second-order valence-electron chi connectivity index (χ2n) is 7.37. The SMILES string of the molecule is CCc1ccc(NC(=O)N2CCN(S(=O)(=O)c3ccc4c(c3)NC(=O)CO4)CC2)cc1. The van der Waals surface area contributed by atoms with Crippen LogP contribution in [-0.2, 0) is 21.2 Å². The van der Waals surface area contributed by atoms with E-state index in [0.29, 0.717) is 17.1 Å². The molecule has 10 heteroatoms. The smallest absolute Gasteiger partial charge is 0.321 e. The van der Waals surface area contributed by atoms with Crippen LogP contribution in [0.25, 0.3) is 0 Å². The van der Waals surface area contributed by atoms with Gasteiger partial charge >= 0.3 is 6.03 Å². The minimum atomic E-state index is -3.76. The van der Waals surface area contributed by atoms with E-state index in [9.17, 15) is 18.0 Å². The molecule has 0 spiro atoms. The molecule has 1 saturated heterocycles. The zero-order valence-electron chi connectivity index (χ0n) is 17.1. The minimum absolute atomic E-state index is 0.0750. The first-order valence-corrected chi connectivity index (χ1v) is 11.5. The average Bonchev–Trinajstić information content (AvgIpc) is 2.79. The summed E-state index contributed by atoms with van der Waals surface area (Å²) in [5.74, 6) is 0.109. The first kappa shape index (κ1) is 21.1. The summed E-state index contributed by atoms with van der Waals surface area (Å²) in [5, 5.41) is 5.47. The second-order valence-corrected chi connectivity index (χ2v) is 9.30. The molecule has 2 aromatic carbocycles. The topological polar surface area (TPSA) is 108 Å². The van der Waals surface area contributed by atoms with E-state index >= 15 is 0 Å². The minimum Gasteiger partial charge on any atom is -0.482 e. The number of carbonyl (C=O) groups excluding carboxylic acids is 2. The van der Waals surface area contributed by atoms with E-state index in [-0.39, 0.29) is 49.6 Å². The van der Waals surface area contributed by atoms with Gasteiger partial charge in [-0.3, -0.25) is 4.79 Å². The molecular formula is C21H24N4O5S. The van der Waals surface area contributed by atoms with Gasteiger partial charge < -0.3 is 20.3 Å². The lowest BCUT2D eigenvalue weighted by atomic mass is 10.1. The van der Waals surface area contributed by atoms with Gasteiger partial charge in [-0.1, -0.05) is 19.1 Å². The highest BCUT2D eigenvalue weighted by Crippen LogP contribution is 2.31. The Bertz CT molecular complexity index is 1090. The summed E-state index contributed by atoms with van der Waals surface area (Å²) in [6.45, 7) is 2.90. The van der Waals surface area contributed by atoms with Crippen molar-refractivity contribution in [1.29, 1.82) is 0 Å². The van der Waals surface area contributed by atoms with E-state index in [1.807, 2.05) is 24.3 Å². The number of aryl methyl sites for hydroxylation is 1. The van der Waals surface area contributed by atoms with Crippen molar-refractivity contribution in [2.45, 2.75) is 18.2 Å². The van der Waals surface area contributed by atoms with Gasteiger partial charge in [0, 0.05) is 31.9 Å². The van der Waals surface area contributed by atoms with Gasteiger partial charge in [0.05, 0.1) is 10.6 Å². The van der Waals surface area contributed by atoms with Crippen molar-refractivity contribution in [3.8, 4) is 5.75 Å². The third kappa shape index (κ3) is 4.49. The van der Waals surface area contributed by atoms with E-state index in [1.54, 1.807) is 4.90 Å². The summed E-state index contributed by atoms with van der Waals surface area (Å²) in [6, 6.07) is 11.8. The quantitative estimate of drug-likeness (QED) is 0.751. The molecule has 2 heterocycles. The Kier molecular flexibility index (Phi) is 5.84. The summed E-state index contributed by atoms with van der Waals surface area (Å²) in [5.41, 5.74) is 2.23. The number of benzene rings is 2. The molecule has 164 valence electrons. The number of rotatable bonds is 4. The van der Waals surface area contributed by atoms with E-state index < -0.39 is 10.0 Å². The number of carbonyl (C=O) groups is 2. The van der Waals surface area contributed by atoms with Crippen LogP contribution >= 0.6 is 0 Å². The molecular weight excluding hydrogens is 420 g/mol. The largest absolute Gasteiger partial charge is 0.482 e. The zero-order valence-corrected chi connectivity index (χ0v) is 17.9. The fourth-order valence-electron chi connectivity index (χ4n) is 3.53. The highest BCUT2D eigenvalue weighted by Gasteiger charge is 2.31. The molecule has 0 radical (unpaired) electrons. The van der Waals surface area contributed by atoms with Crippen molar-refractivity contribution in [3.63, 3.8) is 0 Å². The van der Waals surface area contributed by atoms with Crippen molar-refractivity contribution in [2.75, 3.05) is 43.4 Å². The predicted octanol–water partition coefficient (Wildman–Crippen LogP) is 2.12. The number of nitrogens with one attached hydrogen (secondary N) is 2. The number of sulfonamides is 1. The molecule has 0 aliphatic carbocycles. The molecule has 0 aromatic heterocycles. The lowest BCUT2D eigenvalue weighted by Gasteiger charge is -2.34. The van der Waals surface area contributed by atoms with E-state index in [0.717, 1.165) is 6.42 Å². The monoisotopic (exact) mass is 444 g/mol. The molecule has 2 N–H and O–H groups in total. The molecule has 0 unspecified atom stereocenters. The van der Waals surface area contributed by atoms with Crippen molar-refractivity contribution in [2.24, 2.45) is 0 Å². The van der Waals surface area contributed by atoms with Gasteiger partial charge in [0.25, 0.3) is 5.91 Å². The highest BCUT2D eigenvalue weighted by molar-refractivity contribution is 7.89. The van der Waals surface area contributed by atoms with E-state index in [1.165, 1.54) is 28.1 Å². The first-order valence-electron chi connectivity index (χ1n) is 10.1. The average molecular weight is 445 g/mol. The van der Waals surface area contributed by atoms with Crippen LogP contribution in [0.15, 0.2) is 47.4 Å². The Morgan fingerprint density at radius 1 is 1.10 bits per heavy atom. The van der Waals surface area contributed by atoms with E-state index in [4.69, 9.17) is 4.74 Å². The lowest BCUT2D eigenvalue weighted by molar-refractivity contribution is -0.118. The molecule has 1 fully saturated rings. The summed E-state index contributed by atoms with van der Waals surface area (Å²) in [7, 11) is -3.76. The Labute approximate surface area is 181 Å². The van der Waals surface area contributed by atoms with Gasteiger partial charge in [-0.15, -0.1) is 0 Å². The van der Waals surface area contributed by atoms with Crippen LogP contribution in [0.3, 0.4) is 0 Å². The molecule has 9 nitrogen and oxygen atoms in total. The van der Waals surface area contributed by atoms with Crippen molar-refractivity contribution in [3.05, 3.63) is 48.0 Å². The Hall–Kier alpha value is -3.11. The van der Waals surface area contributed by atoms with Gasteiger partial charge in [0.1, 0.15) is 5.75 Å². The fraction of sp³-hybridized carbons (Fsp3) is 0.333. The molecule has 0 saturated carbocycles. The van der Waals surface area contributed by atoms with Crippen LogP contribution in [0.1, 0.15) is 12.5 Å². The van der Waals surface area contributed by atoms with Crippen molar-refractivity contribution < 1.29 is 22.7 Å². The third-order valence-electron chi connectivity index (χ3n) is 5.36. The van der Waals surface area contributed by atoms with Crippen LogP contribution in [-0.4, -0.2) is 62.3 Å². The number of fused-ring (bicyclic) bond motifs is 1. The molecule has 4 rings (SSSR count). The third-order valence-corrected chi connectivity index (χ3v) is 7.26. The Morgan fingerprint density at radius 2 is 1.81 bits per heavy atom. The maximum absolute atomic E-state index is 13.0. The maximum atomic E-state index is 13.0. The highest BCUT2D eigenvalue weighted by atomic mass is 32.2. The number of anilines is 2. The summed E-state index contributed by atoms with van der Waals surface area (Å²) < 4.78 is 32.7. The standard InChI is InChI=1S/C21H24N4O5S/c1-2-15-3-5-16(6-4-15)22-21(27)24-9-11-25(12-10-24)31(28,29)17-7-8-19-18(13-17)23-20(26)14-30-19/h3-8,13H,2,9-12,14H2,1H3,(H,22,27)(H,23,26). The molecule has 2 aromatic rings. The molecule has 31 heavy (non-hydrogen) atoms. The molecule has 0 atom stereocenters. The van der Waals surface area contributed by atoms with E-state index in [2.05, 4.69) is 17.6 Å². The number of hydrogen-bond donors (Lipinski definition) is 2. The summed E-state index contributed by atoms with van der Waals surface area (Å²) in [4.78, 5) is 25.7. The van der Waals surface area contributed by atoms with Gasteiger partial charge in [-0.05, 0) is 42.3 Å². The number of urea groups is 1. The second kappa shape index (κ2) is 8.56. The Morgan fingerprint density at radius 3 is 2.48 bits per heavy atom. The number of ether oxygens (including phenoxy) is 1. The fourth-order valence-corrected chi connectivity index (χ4v) is 4.98. The van der Waals surface area contributed by atoms with Crippen LogP contribution in [0.2, 0.25) is 0 Å². The zero-order chi connectivity index (χ0) is 22.0. The van der Waals surface area contributed by atoms with Crippen LogP contribution in [0.4, 0.5) is 16.2 Å². The summed E-state index contributed by atoms with van der Waals surface area (Å²) in [6.07, 6.45) is 0.925. The van der Waals surface area contributed by atoms with Crippen molar-refractivity contribution in [1.82, 2.24) is 9.21 Å². The van der Waals surface area contributed by atoms with Crippen LogP contribution in [0, 0.1) is 0 Å². The number of amides is 3.